The summed E-state index contributed by atoms with van der Waals surface area (Å²) in [6, 6.07) is 0.337. The van der Waals surface area contributed by atoms with Crippen LogP contribution in [0.1, 0.15) is 317 Å². The number of carbonyl (C=O) groups excluding carboxylic acids is 3. The summed E-state index contributed by atoms with van der Waals surface area (Å²) >= 11 is 0. The van der Waals surface area contributed by atoms with Gasteiger partial charge in [-0.15, -0.1) is 0 Å². The number of amides is 1. The van der Waals surface area contributed by atoms with Gasteiger partial charge in [-0.1, -0.05) is 221 Å². The van der Waals surface area contributed by atoms with Gasteiger partial charge in [-0.25, -0.2) is 0 Å². The fraction of sp³-hybridized carbons (Fsp3) is 0.951. The van der Waals surface area contributed by atoms with E-state index in [4.69, 9.17) is 9.47 Å². The molecule has 1 aliphatic rings. The summed E-state index contributed by atoms with van der Waals surface area (Å²) in [6.45, 7) is 16.9. The van der Waals surface area contributed by atoms with Crippen LogP contribution in [0.5, 0.6) is 0 Å². The van der Waals surface area contributed by atoms with Crippen molar-refractivity contribution in [2.24, 2.45) is 11.8 Å². The summed E-state index contributed by atoms with van der Waals surface area (Å²) < 4.78 is 11.6. The third-order valence-corrected chi connectivity index (χ3v) is 15.2. The minimum absolute atomic E-state index is 0.000791. The number of nitrogens with zero attached hydrogens (tertiary/aromatic N) is 2. The van der Waals surface area contributed by atoms with E-state index in [0.717, 1.165) is 64.5 Å². The molecule has 0 saturated carbocycles. The van der Waals surface area contributed by atoms with Gasteiger partial charge in [0.05, 0.1) is 13.2 Å². The lowest BCUT2D eigenvalue weighted by Crippen LogP contribution is -2.41. The van der Waals surface area contributed by atoms with Gasteiger partial charge < -0.3 is 19.3 Å². The Balaban J connectivity index is 2.66. The van der Waals surface area contributed by atoms with Crippen LogP contribution in [0.25, 0.3) is 0 Å². The van der Waals surface area contributed by atoms with E-state index in [-0.39, 0.29) is 11.9 Å². The van der Waals surface area contributed by atoms with Crippen LogP contribution >= 0.6 is 0 Å². The van der Waals surface area contributed by atoms with Gasteiger partial charge in [0.2, 0.25) is 5.91 Å². The monoisotopic (exact) mass is 959 g/mol. The van der Waals surface area contributed by atoms with E-state index in [1.54, 1.807) is 0 Å². The van der Waals surface area contributed by atoms with Gasteiger partial charge in [-0.2, -0.15) is 0 Å². The summed E-state index contributed by atoms with van der Waals surface area (Å²) in [4.78, 5) is 44.4. The predicted molar refractivity (Wildman–Crippen MR) is 292 cm³/mol. The Hall–Kier alpha value is -1.63. The number of carbonyl (C=O) groups is 3. The van der Waals surface area contributed by atoms with Crippen LogP contribution in [0.2, 0.25) is 0 Å². The molecule has 0 aromatic carbocycles. The molecule has 68 heavy (non-hydrogen) atoms. The molecule has 402 valence electrons. The quantitative estimate of drug-likeness (QED) is 0.0447. The second-order valence-corrected chi connectivity index (χ2v) is 21.8. The van der Waals surface area contributed by atoms with E-state index < -0.39 is 0 Å². The van der Waals surface area contributed by atoms with E-state index in [1.807, 2.05) is 0 Å². The normalized spacial score (nSPS) is 14.3. The summed E-state index contributed by atoms with van der Waals surface area (Å²) in [5.74, 6) is 1.45. The number of likely N-dealkylation sites (tertiary alicyclic amines) is 1. The van der Waals surface area contributed by atoms with Gasteiger partial charge >= 0.3 is 11.9 Å². The summed E-state index contributed by atoms with van der Waals surface area (Å²) in [5, 5.41) is 0. The first-order valence-corrected chi connectivity index (χ1v) is 30.7. The van der Waals surface area contributed by atoms with Crippen molar-refractivity contribution in [1.29, 1.82) is 0 Å². The van der Waals surface area contributed by atoms with E-state index in [1.165, 1.54) is 225 Å². The van der Waals surface area contributed by atoms with Crippen LogP contribution in [0.3, 0.4) is 0 Å². The average Bonchev–Trinajstić information content (AvgIpc) is 3.87. The third kappa shape index (κ3) is 39.0. The first-order valence-electron chi connectivity index (χ1n) is 30.7. The van der Waals surface area contributed by atoms with Gasteiger partial charge in [0.25, 0.3) is 0 Å². The molecule has 0 N–H and O–H groups in total. The molecule has 0 aromatic rings. The fourth-order valence-corrected chi connectivity index (χ4v) is 10.6. The number of rotatable bonds is 52. The highest BCUT2D eigenvalue weighted by atomic mass is 16.5. The molecule has 2 atom stereocenters. The van der Waals surface area contributed by atoms with Crippen LogP contribution in [-0.2, 0) is 23.9 Å². The second-order valence-electron chi connectivity index (χ2n) is 21.8. The lowest BCUT2D eigenvalue weighted by molar-refractivity contribution is -0.146. The number of hydrogen-bond acceptors (Lipinski definition) is 6. The Morgan fingerprint density at radius 2 is 0.750 bits per heavy atom. The molecule has 0 bridgehead atoms. The van der Waals surface area contributed by atoms with Gasteiger partial charge in [0.1, 0.15) is 0 Å². The molecule has 1 heterocycles. The number of ether oxygens (including phenoxy) is 2. The van der Waals surface area contributed by atoms with Crippen molar-refractivity contribution < 1.29 is 23.9 Å². The SMILES string of the molecule is CCCCCCCCCCN(C(=O)CCCN1CCCC1)C(CCCCCCCCC(=O)OCC(CCCC)CCCCCC)CCCCCCCCC(=O)OCC(CCCC)CCCCCC. The predicted octanol–water partition coefficient (Wildman–Crippen LogP) is 18.1. The van der Waals surface area contributed by atoms with Gasteiger partial charge in [-0.3, -0.25) is 14.4 Å². The van der Waals surface area contributed by atoms with Crippen molar-refractivity contribution in [3.8, 4) is 0 Å². The topological polar surface area (TPSA) is 76.2 Å². The summed E-state index contributed by atoms with van der Waals surface area (Å²) in [7, 11) is 0. The Bertz CT molecular complexity index is 1050. The van der Waals surface area contributed by atoms with Gasteiger partial charge in [-0.05, 0) is 109 Å². The van der Waals surface area contributed by atoms with Crippen molar-refractivity contribution in [2.75, 3.05) is 39.4 Å². The molecule has 7 heteroatoms. The Morgan fingerprint density at radius 1 is 0.397 bits per heavy atom. The summed E-state index contributed by atoms with van der Waals surface area (Å²) in [6.07, 6.45) is 51.3. The van der Waals surface area contributed by atoms with Gasteiger partial charge in [0, 0.05) is 31.8 Å². The Morgan fingerprint density at radius 3 is 1.19 bits per heavy atom. The molecular formula is C61H118N2O5. The maximum Gasteiger partial charge on any atom is 0.305 e. The van der Waals surface area contributed by atoms with E-state index in [2.05, 4.69) is 44.4 Å². The highest BCUT2D eigenvalue weighted by Crippen LogP contribution is 2.24. The first-order chi connectivity index (χ1) is 33.4. The lowest BCUT2D eigenvalue weighted by Gasteiger charge is -2.33. The Kier molecular flexibility index (Phi) is 46.4. The molecule has 1 saturated heterocycles. The van der Waals surface area contributed by atoms with Crippen molar-refractivity contribution in [2.45, 2.75) is 323 Å². The maximum atomic E-state index is 14.2. The fourth-order valence-electron chi connectivity index (χ4n) is 10.6. The molecule has 1 rings (SSSR count). The van der Waals surface area contributed by atoms with Crippen molar-refractivity contribution >= 4 is 17.8 Å². The molecular weight excluding hydrogens is 841 g/mol. The standard InChI is InChI=1S/C61H118N2O5/c1-6-11-16-19-20-25-30-37-53-63(59(64)47-40-52-62-50-38-39-51-62)58(45-33-26-21-23-28-35-48-60(65)67-54-56(41-14-9-4)43-31-17-12-7-2)46-34-27-22-24-29-36-49-61(66)68-55-57(42-15-10-5)44-32-18-13-8-3/h56-58H,6-55H2,1-5H3. The molecule has 0 radical (unpaired) electrons. The smallest absolute Gasteiger partial charge is 0.305 e. The van der Waals surface area contributed by atoms with Crippen LogP contribution in [0, 0.1) is 11.8 Å². The molecule has 0 aromatic heterocycles. The second kappa shape index (κ2) is 49.0. The zero-order valence-corrected chi connectivity index (χ0v) is 46.5. The van der Waals surface area contributed by atoms with Crippen LogP contribution in [-0.4, -0.2) is 73.1 Å². The van der Waals surface area contributed by atoms with E-state index in [0.29, 0.717) is 56.3 Å². The van der Waals surface area contributed by atoms with Crippen molar-refractivity contribution in [3.63, 3.8) is 0 Å². The lowest BCUT2D eigenvalue weighted by atomic mass is 9.96. The van der Waals surface area contributed by atoms with Crippen LogP contribution < -0.4 is 0 Å². The zero-order valence-electron chi connectivity index (χ0n) is 46.5. The van der Waals surface area contributed by atoms with Crippen molar-refractivity contribution in [1.82, 2.24) is 9.80 Å². The minimum Gasteiger partial charge on any atom is -0.465 e. The molecule has 7 nitrogen and oxygen atoms in total. The molecule has 0 aliphatic carbocycles. The molecule has 0 spiro atoms. The van der Waals surface area contributed by atoms with E-state index in [9.17, 15) is 14.4 Å². The zero-order chi connectivity index (χ0) is 49.4. The average molecular weight is 960 g/mol. The van der Waals surface area contributed by atoms with E-state index >= 15 is 0 Å². The minimum atomic E-state index is -0.000791. The summed E-state index contributed by atoms with van der Waals surface area (Å²) in [5.41, 5.74) is 0. The maximum absolute atomic E-state index is 14.2. The van der Waals surface area contributed by atoms with Crippen molar-refractivity contribution in [3.05, 3.63) is 0 Å². The number of esters is 2. The van der Waals surface area contributed by atoms with Crippen LogP contribution in [0.4, 0.5) is 0 Å². The molecule has 1 aliphatic heterocycles. The molecule has 1 amide bonds. The number of hydrogen-bond donors (Lipinski definition) is 0. The first kappa shape index (κ1) is 64.4. The highest BCUT2D eigenvalue weighted by molar-refractivity contribution is 5.76. The van der Waals surface area contributed by atoms with Gasteiger partial charge in [0.15, 0.2) is 0 Å². The Labute approximate surface area is 424 Å². The largest absolute Gasteiger partial charge is 0.465 e. The molecule has 2 unspecified atom stereocenters. The molecule has 1 fully saturated rings. The van der Waals surface area contributed by atoms with Crippen LogP contribution in [0.15, 0.2) is 0 Å². The number of unbranched alkanes of at least 4 members (excludes halogenated alkanes) is 25. The third-order valence-electron chi connectivity index (χ3n) is 15.2. The highest BCUT2D eigenvalue weighted by Gasteiger charge is 2.24.